The second kappa shape index (κ2) is 2.88. The van der Waals surface area contributed by atoms with E-state index in [0.29, 0.717) is 0 Å². The molecule has 0 fully saturated rings. The van der Waals surface area contributed by atoms with Crippen molar-refractivity contribution in [2.45, 2.75) is 19.3 Å². The van der Waals surface area contributed by atoms with Gasteiger partial charge in [-0.3, -0.25) is 0 Å². The van der Waals surface area contributed by atoms with Gasteiger partial charge in [0.05, 0.1) is 0 Å². The summed E-state index contributed by atoms with van der Waals surface area (Å²) in [6.07, 6.45) is 8.22. The summed E-state index contributed by atoms with van der Waals surface area (Å²) in [5.41, 5.74) is 5.47. The van der Waals surface area contributed by atoms with Crippen molar-refractivity contribution >= 4 is 0 Å². The van der Waals surface area contributed by atoms with Crippen LogP contribution in [0.3, 0.4) is 0 Å². The molecule has 1 aliphatic rings. The summed E-state index contributed by atoms with van der Waals surface area (Å²) in [5.74, 6) is 0.778. The van der Waals surface area contributed by atoms with Crippen LogP contribution in [0.4, 0.5) is 0 Å². The summed E-state index contributed by atoms with van der Waals surface area (Å²) < 4.78 is 0. The molecule has 1 aliphatic carbocycles. The Hall–Kier alpha value is -0.300. The Labute approximate surface area is 50.6 Å². The Kier molecular flexibility index (Phi) is 2.10. The van der Waals surface area contributed by atoms with Crippen molar-refractivity contribution in [3.8, 4) is 0 Å². The van der Waals surface area contributed by atoms with E-state index in [9.17, 15) is 0 Å². The monoisotopic (exact) mass is 111 g/mol. The molecule has 0 saturated carbocycles. The van der Waals surface area contributed by atoms with E-state index in [1.54, 1.807) is 0 Å². The van der Waals surface area contributed by atoms with Crippen LogP contribution in [-0.2, 0) is 0 Å². The van der Waals surface area contributed by atoms with Gasteiger partial charge >= 0.3 is 0 Å². The molecule has 0 aliphatic heterocycles. The van der Waals surface area contributed by atoms with Crippen molar-refractivity contribution in [1.29, 1.82) is 0 Å². The first-order valence-corrected chi connectivity index (χ1v) is 3.28. The molecule has 0 radical (unpaired) electrons. The first-order chi connectivity index (χ1) is 3.93. The van der Waals surface area contributed by atoms with Crippen LogP contribution in [-0.4, -0.2) is 6.54 Å². The number of nitrogens with two attached hydrogens (primary N) is 1. The average molecular weight is 111 g/mol. The van der Waals surface area contributed by atoms with Crippen molar-refractivity contribution in [2.75, 3.05) is 6.54 Å². The van der Waals surface area contributed by atoms with Gasteiger partial charge in [0.2, 0.25) is 0 Å². The van der Waals surface area contributed by atoms with E-state index in [4.69, 9.17) is 5.73 Å². The Morgan fingerprint density at radius 2 is 2.38 bits per heavy atom. The summed E-state index contributed by atoms with van der Waals surface area (Å²) in [4.78, 5) is 0. The highest BCUT2D eigenvalue weighted by atomic mass is 14.5. The minimum Gasteiger partial charge on any atom is -0.330 e. The first kappa shape index (κ1) is 5.83. The molecule has 1 rings (SSSR count). The normalized spacial score (nSPS) is 28.4. The Balaban J connectivity index is 2.27. The van der Waals surface area contributed by atoms with Gasteiger partial charge in [0.15, 0.2) is 0 Å². The fourth-order valence-electron chi connectivity index (χ4n) is 1.07. The predicted molar refractivity (Wildman–Crippen MR) is 35.5 cm³/mol. The summed E-state index contributed by atoms with van der Waals surface area (Å²) in [6.45, 7) is 0.865. The molecule has 0 heterocycles. The van der Waals surface area contributed by atoms with E-state index < -0.39 is 0 Å². The Morgan fingerprint density at radius 1 is 1.50 bits per heavy atom. The third kappa shape index (κ3) is 1.34. The molecule has 1 atom stereocenters. The fraction of sp³-hybridized carbons (Fsp3) is 0.714. The predicted octanol–water partition coefficient (Wildman–Crippen LogP) is 1.30. The third-order valence-electron chi connectivity index (χ3n) is 1.71. The molecule has 46 valence electrons. The van der Waals surface area contributed by atoms with Crippen molar-refractivity contribution < 1.29 is 0 Å². The Morgan fingerprint density at radius 3 is 2.75 bits per heavy atom. The fourth-order valence-corrected chi connectivity index (χ4v) is 1.07. The highest BCUT2D eigenvalue weighted by Crippen LogP contribution is 2.15. The molecule has 0 bridgehead atoms. The van der Waals surface area contributed by atoms with Crippen LogP contribution in [0.1, 0.15) is 19.3 Å². The zero-order valence-corrected chi connectivity index (χ0v) is 5.14. The van der Waals surface area contributed by atoms with E-state index in [2.05, 4.69) is 12.2 Å². The molecular formula is C7H13N. The van der Waals surface area contributed by atoms with E-state index in [1.165, 1.54) is 19.3 Å². The first-order valence-electron chi connectivity index (χ1n) is 3.28. The van der Waals surface area contributed by atoms with Gasteiger partial charge in [0, 0.05) is 0 Å². The quantitative estimate of drug-likeness (QED) is 0.507. The van der Waals surface area contributed by atoms with Crippen LogP contribution in [0.25, 0.3) is 0 Å². The molecule has 2 N–H and O–H groups in total. The lowest BCUT2D eigenvalue weighted by molar-refractivity contribution is 0.491. The van der Waals surface area contributed by atoms with Gasteiger partial charge in [-0.1, -0.05) is 12.2 Å². The Bertz CT molecular complexity index is 86.4. The molecule has 1 nitrogen and oxygen atoms in total. The molecule has 0 spiro atoms. The minimum atomic E-state index is 0.778. The minimum absolute atomic E-state index is 0.778. The van der Waals surface area contributed by atoms with Gasteiger partial charge in [-0.25, -0.2) is 0 Å². The van der Waals surface area contributed by atoms with Gasteiger partial charge < -0.3 is 5.73 Å². The topological polar surface area (TPSA) is 26.0 Å². The lowest BCUT2D eigenvalue weighted by Gasteiger charge is -2.13. The van der Waals surface area contributed by atoms with Crippen molar-refractivity contribution in [1.82, 2.24) is 0 Å². The maximum atomic E-state index is 5.47. The number of hydrogen-bond acceptors (Lipinski definition) is 1. The van der Waals surface area contributed by atoms with Crippen LogP contribution < -0.4 is 5.73 Å². The molecule has 0 unspecified atom stereocenters. The van der Waals surface area contributed by atoms with Gasteiger partial charge in [-0.05, 0) is 31.7 Å². The van der Waals surface area contributed by atoms with Crippen molar-refractivity contribution in [3.63, 3.8) is 0 Å². The van der Waals surface area contributed by atoms with Crippen LogP contribution in [0.2, 0.25) is 0 Å². The van der Waals surface area contributed by atoms with Crippen molar-refractivity contribution in [2.24, 2.45) is 11.7 Å². The van der Waals surface area contributed by atoms with Gasteiger partial charge in [0.25, 0.3) is 0 Å². The highest BCUT2D eigenvalue weighted by Gasteiger charge is 2.05. The average Bonchev–Trinajstić information content (AvgIpc) is 1.90. The van der Waals surface area contributed by atoms with Crippen LogP contribution in [0, 0.1) is 5.92 Å². The number of hydrogen-bond donors (Lipinski definition) is 1. The lowest BCUT2D eigenvalue weighted by Crippen LogP contribution is -2.14. The molecule has 0 aromatic rings. The second-order valence-corrected chi connectivity index (χ2v) is 2.39. The summed E-state index contributed by atoms with van der Waals surface area (Å²) >= 11 is 0. The highest BCUT2D eigenvalue weighted by molar-refractivity contribution is 4.89. The molecule has 0 aromatic heterocycles. The third-order valence-corrected chi connectivity index (χ3v) is 1.71. The van der Waals surface area contributed by atoms with E-state index in [1.807, 2.05) is 0 Å². The second-order valence-electron chi connectivity index (χ2n) is 2.39. The standard InChI is InChI=1S/C7H13N/c8-6-7-4-2-1-3-5-7/h1-2,7H,3-6,8H2/t7-/m0/s1. The van der Waals surface area contributed by atoms with Crippen LogP contribution >= 0.6 is 0 Å². The van der Waals surface area contributed by atoms with Gasteiger partial charge in [0.1, 0.15) is 0 Å². The zero-order chi connectivity index (χ0) is 5.82. The zero-order valence-electron chi connectivity index (χ0n) is 5.14. The largest absolute Gasteiger partial charge is 0.330 e. The van der Waals surface area contributed by atoms with Gasteiger partial charge in [-0.2, -0.15) is 0 Å². The molecule has 0 aromatic carbocycles. The summed E-state index contributed by atoms with van der Waals surface area (Å²) in [5, 5.41) is 0. The summed E-state index contributed by atoms with van der Waals surface area (Å²) in [7, 11) is 0. The number of rotatable bonds is 1. The maximum Gasteiger partial charge on any atom is -0.00458 e. The smallest absolute Gasteiger partial charge is 0.00458 e. The number of allylic oxidation sites excluding steroid dienone is 2. The SMILES string of the molecule is NC[C@H]1CC=CCC1. The van der Waals surface area contributed by atoms with E-state index in [0.717, 1.165) is 12.5 Å². The molecule has 8 heavy (non-hydrogen) atoms. The summed E-state index contributed by atoms with van der Waals surface area (Å²) in [6, 6.07) is 0. The van der Waals surface area contributed by atoms with Crippen LogP contribution in [0.5, 0.6) is 0 Å². The molecule has 0 amide bonds. The van der Waals surface area contributed by atoms with Crippen molar-refractivity contribution in [3.05, 3.63) is 12.2 Å². The van der Waals surface area contributed by atoms with Gasteiger partial charge in [-0.15, -0.1) is 0 Å². The van der Waals surface area contributed by atoms with E-state index >= 15 is 0 Å². The molecule has 0 saturated heterocycles. The molecule has 1 heteroatoms. The van der Waals surface area contributed by atoms with E-state index in [-0.39, 0.29) is 0 Å². The molecular weight excluding hydrogens is 98.1 g/mol. The maximum absolute atomic E-state index is 5.47. The van der Waals surface area contributed by atoms with Crippen LogP contribution in [0.15, 0.2) is 12.2 Å². The lowest BCUT2D eigenvalue weighted by atomic mass is 9.95.